The van der Waals surface area contributed by atoms with Gasteiger partial charge in [-0.25, -0.2) is 9.18 Å². The van der Waals surface area contributed by atoms with Crippen LogP contribution in [0.1, 0.15) is 12.0 Å². The number of anilines is 1. The van der Waals surface area contributed by atoms with Gasteiger partial charge in [0.05, 0.1) is 12.2 Å². The van der Waals surface area contributed by atoms with Gasteiger partial charge in [0.25, 0.3) is 0 Å². The summed E-state index contributed by atoms with van der Waals surface area (Å²) in [5.74, 6) is -0.943. The summed E-state index contributed by atoms with van der Waals surface area (Å²) in [6, 6.07) is 15.4. The van der Waals surface area contributed by atoms with Gasteiger partial charge < -0.3 is 5.32 Å². The lowest BCUT2D eigenvalue weighted by molar-refractivity contribution is -0.121. The Morgan fingerprint density at radius 2 is 1.57 bits per heavy atom. The zero-order valence-electron chi connectivity index (χ0n) is 15.7. The fraction of sp³-hybridized carbons (Fsp3) is 0.333. The highest BCUT2D eigenvalue weighted by molar-refractivity contribution is 6.01. The van der Waals surface area contributed by atoms with Crippen LogP contribution in [0.25, 0.3) is 0 Å². The number of imide groups is 1. The van der Waals surface area contributed by atoms with Crippen molar-refractivity contribution in [3.63, 3.8) is 0 Å². The Morgan fingerprint density at radius 1 is 0.893 bits per heavy atom. The van der Waals surface area contributed by atoms with Crippen molar-refractivity contribution >= 4 is 17.6 Å². The maximum Gasteiger partial charge on any atom is 0.326 e. The first-order valence-electron chi connectivity index (χ1n) is 9.44. The number of halogens is 1. The minimum absolute atomic E-state index is 0.0409. The second-order valence-corrected chi connectivity index (χ2v) is 6.87. The van der Waals surface area contributed by atoms with Crippen LogP contribution in [0.15, 0.2) is 54.6 Å². The molecule has 3 rings (SSSR count). The second kappa shape index (κ2) is 9.96. The lowest BCUT2D eigenvalue weighted by atomic mass is 10.2. The van der Waals surface area contributed by atoms with Crippen LogP contribution in [0, 0.1) is 5.82 Å². The molecule has 1 aliphatic rings. The number of amides is 3. The zero-order chi connectivity index (χ0) is 19.8. The van der Waals surface area contributed by atoms with Crippen molar-refractivity contribution in [3.8, 4) is 0 Å². The van der Waals surface area contributed by atoms with Gasteiger partial charge in [-0.05, 0) is 37.2 Å². The number of hydrogen-bond donors (Lipinski definition) is 2. The van der Waals surface area contributed by atoms with E-state index in [0.717, 1.165) is 39.1 Å². The Kier molecular flexibility index (Phi) is 7.11. The summed E-state index contributed by atoms with van der Waals surface area (Å²) in [6.45, 7) is 4.43. The third-order valence-corrected chi connectivity index (χ3v) is 4.67. The number of nitrogens with zero attached hydrogens (tertiary/aromatic N) is 2. The molecule has 28 heavy (non-hydrogen) atoms. The van der Waals surface area contributed by atoms with E-state index in [1.165, 1.54) is 23.8 Å². The van der Waals surface area contributed by atoms with Crippen LogP contribution >= 0.6 is 0 Å². The molecule has 1 heterocycles. The molecule has 148 valence electrons. The Bertz CT molecular complexity index is 800. The van der Waals surface area contributed by atoms with E-state index in [9.17, 15) is 14.0 Å². The molecule has 1 aliphatic heterocycles. The van der Waals surface area contributed by atoms with Gasteiger partial charge in [0, 0.05) is 19.6 Å². The first kappa shape index (κ1) is 20.0. The summed E-state index contributed by atoms with van der Waals surface area (Å²) in [7, 11) is 0. The number of nitrogens with one attached hydrogen (secondary N) is 2. The molecule has 3 amide bonds. The van der Waals surface area contributed by atoms with Crippen LogP contribution in [-0.4, -0.2) is 54.5 Å². The summed E-state index contributed by atoms with van der Waals surface area (Å²) < 4.78 is 13.6. The van der Waals surface area contributed by atoms with Gasteiger partial charge in [0.15, 0.2) is 0 Å². The molecular formula is C21H25FN4O2. The highest BCUT2D eigenvalue weighted by Gasteiger charge is 2.18. The molecule has 1 saturated heterocycles. The number of para-hydroxylation sites is 1. The van der Waals surface area contributed by atoms with Gasteiger partial charge in [-0.1, -0.05) is 42.5 Å². The van der Waals surface area contributed by atoms with E-state index < -0.39 is 17.8 Å². The average Bonchev–Trinajstić information content (AvgIpc) is 2.89. The smallest absolute Gasteiger partial charge is 0.305 e. The van der Waals surface area contributed by atoms with Crippen LogP contribution in [0.4, 0.5) is 14.9 Å². The van der Waals surface area contributed by atoms with Crippen molar-refractivity contribution < 1.29 is 14.0 Å². The van der Waals surface area contributed by atoms with Crippen LogP contribution in [0.3, 0.4) is 0 Å². The average molecular weight is 384 g/mol. The third-order valence-electron chi connectivity index (χ3n) is 4.67. The van der Waals surface area contributed by atoms with Crippen LogP contribution in [-0.2, 0) is 11.3 Å². The van der Waals surface area contributed by atoms with Crippen molar-refractivity contribution in [2.75, 3.05) is 38.0 Å². The van der Waals surface area contributed by atoms with E-state index in [0.29, 0.717) is 0 Å². The highest BCUT2D eigenvalue weighted by atomic mass is 19.1. The Labute approximate surface area is 164 Å². The Balaban J connectivity index is 1.43. The lowest BCUT2D eigenvalue weighted by Gasteiger charge is -2.21. The van der Waals surface area contributed by atoms with Crippen molar-refractivity contribution in [2.24, 2.45) is 0 Å². The summed E-state index contributed by atoms with van der Waals surface area (Å²) in [4.78, 5) is 28.5. The predicted octanol–water partition coefficient (Wildman–Crippen LogP) is 2.68. The van der Waals surface area contributed by atoms with Gasteiger partial charge in [-0.2, -0.15) is 0 Å². The minimum Gasteiger partial charge on any atom is -0.305 e. The molecule has 2 aromatic rings. The molecule has 0 saturated carbocycles. The lowest BCUT2D eigenvalue weighted by Crippen LogP contribution is -2.43. The molecule has 0 unspecified atom stereocenters. The van der Waals surface area contributed by atoms with Gasteiger partial charge in [-0.3, -0.25) is 19.9 Å². The molecule has 0 aromatic heterocycles. The summed E-state index contributed by atoms with van der Waals surface area (Å²) >= 11 is 0. The van der Waals surface area contributed by atoms with E-state index in [1.54, 1.807) is 6.07 Å². The first-order valence-corrected chi connectivity index (χ1v) is 9.44. The fourth-order valence-corrected chi connectivity index (χ4v) is 3.27. The highest BCUT2D eigenvalue weighted by Crippen LogP contribution is 2.12. The van der Waals surface area contributed by atoms with Crippen LogP contribution < -0.4 is 10.6 Å². The van der Waals surface area contributed by atoms with Crippen LogP contribution in [0.5, 0.6) is 0 Å². The molecular weight excluding hydrogens is 359 g/mol. The van der Waals surface area contributed by atoms with E-state index >= 15 is 0 Å². The van der Waals surface area contributed by atoms with Crippen molar-refractivity contribution in [3.05, 3.63) is 66.0 Å². The molecule has 1 fully saturated rings. The van der Waals surface area contributed by atoms with Gasteiger partial charge in [0.2, 0.25) is 5.91 Å². The summed E-state index contributed by atoms with van der Waals surface area (Å²) in [5.41, 5.74) is 1.32. The molecule has 0 bridgehead atoms. The molecule has 7 heteroatoms. The summed E-state index contributed by atoms with van der Waals surface area (Å²) in [6.07, 6.45) is 0.960. The molecule has 6 nitrogen and oxygen atoms in total. The normalized spacial score (nSPS) is 15.6. The molecule has 0 radical (unpaired) electrons. The topological polar surface area (TPSA) is 64.7 Å². The maximum atomic E-state index is 13.6. The number of rotatable bonds is 5. The molecule has 0 spiro atoms. The van der Waals surface area contributed by atoms with E-state index in [1.807, 2.05) is 23.1 Å². The molecule has 2 aromatic carbocycles. The number of hydrogen-bond acceptors (Lipinski definition) is 4. The number of benzene rings is 2. The Hall–Kier alpha value is -2.77. The minimum atomic E-state index is -0.726. The first-order chi connectivity index (χ1) is 13.6. The quantitative estimate of drug-likeness (QED) is 0.832. The van der Waals surface area contributed by atoms with Gasteiger partial charge >= 0.3 is 6.03 Å². The molecule has 0 atom stereocenters. The van der Waals surface area contributed by atoms with Crippen molar-refractivity contribution in [1.82, 2.24) is 15.1 Å². The molecule has 0 aliphatic carbocycles. The fourth-order valence-electron chi connectivity index (χ4n) is 3.27. The third kappa shape index (κ3) is 6.14. The van der Waals surface area contributed by atoms with E-state index in [2.05, 4.69) is 27.7 Å². The van der Waals surface area contributed by atoms with Crippen molar-refractivity contribution in [2.45, 2.75) is 13.0 Å². The SMILES string of the molecule is O=C(CN1CCCN(Cc2ccccc2)CC1)NC(=O)Nc1ccccc1F. The van der Waals surface area contributed by atoms with E-state index in [4.69, 9.17) is 0 Å². The number of urea groups is 1. The zero-order valence-corrected chi connectivity index (χ0v) is 15.7. The standard InChI is InChI=1S/C21H25FN4O2/c22-18-9-4-5-10-19(18)23-21(28)24-20(27)16-26-12-6-11-25(13-14-26)15-17-7-2-1-3-8-17/h1-5,7-10H,6,11-16H2,(H2,23,24,27,28). The van der Waals surface area contributed by atoms with E-state index in [-0.39, 0.29) is 12.2 Å². The Morgan fingerprint density at radius 3 is 2.36 bits per heavy atom. The largest absolute Gasteiger partial charge is 0.326 e. The van der Waals surface area contributed by atoms with Gasteiger partial charge in [0.1, 0.15) is 5.82 Å². The van der Waals surface area contributed by atoms with Gasteiger partial charge in [-0.15, -0.1) is 0 Å². The maximum absolute atomic E-state index is 13.6. The monoisotopic (exact) mass is 384 g/mol. The second-order valence-electron chi connectivity index (χ2n) is 6.87. The predicted molar refractivity (Wildman–Crippen MR) is 106 cm³/mol. The number of carbonyl (C=O) groups is 2. The molecule has 2 N–H and O–H groups in total. The number of carbonyl (C=O) groups excluding carboxylic acids is 2. The van der Waals surface area contributed by atoms with Crippen molar-refractivity contribution in [1.29, 1.82) is 0 Å². The van der Waals surface area contributed by atoms with Crippen LogP contribution in [0.2, 0.25) is 0 Å². The summed E-state index contributed by atoms with van der Waals surface area (Å²) in [5, 5.41) is 4.62.